The van der Waals surface area contributed by atoms with Gasteiger partial charge in [0.15, 0.2) is 28.6 Å². The van der Waals surface area contributed by atoms with E-state index < -0.39 is 23.1 Å². The van der Waals surface area contributed by atoms with Gasteiger partial charge in [0, 0.05) is 16.7 Å². The second-order valence-corrected chi connectivity index (χ2v) is 6.06. The summed E-state index contributed by atoms with van der Waals surface area (Å²) in [5.41, 5.74) is -0.370. The van der Waals surface area contributed by atoms with Crippen molar-refractivity contribution >= 4 is 5.97 Å². The van der Waals surface area contributed by atoms with E-state index in [0.717, 1.165) is 0 Å². The second-order valence-electron chi connectivity index (χ2n) is 6.06. The number of ether oxygens (including phenoxy) is 1. The van der Waals surface area contributed by atoms with Crippen LogP contribution in [0, 0.1) is 0 Å². The molecule has 1 saturated heterocycles. The summed E-state index contributed by atoms with van der Waals surface area (Å²) in [6, 6.07) is 8.02. The number of carbonyl (C=O) groups is 1. The first-order valence-corrected chi connectivity index (χ1v) is 8.12. The first kappa shape index (κ1) is 18.1. The van der Waals surface area contributed by atoms with Crippen LogP contribution in [0.5, 0.6) is 23.0 Å². The number of rotatable bonds is 3. The molecule has 0 aliphatic carbocycles. The molecule has 6 heteroatoms. The molecule has 0 amide bonds. The van der Waals surface area contributed by atoms with E-state index in [1.807, 2.05) is 0 Å². The molecule has 6 nitrogen and oxygen atoms in total. The normalized spacial score (nSPS) is 17.6. The number of esters is 1. The van der Waals surface area contributed by atoms with Crippen LogP contribution >= 0.6 is 0 Å². The Morgan fingerprint density at radius 2 is 1.44 bits per heavy atom. The summed E-state index contributed by atoms with van der Waals surface area (Å²) >= 11 is 0. The lowest BCUT2D eigenvalue weighted by molar-refractivity contribution is -0.143. The molecule has 0 spiro atoms. The summed E-state index contributed by atoms with van der Waals surface area (Å²) in [4.78, 5) is 12.5. The first-order chi connectivity index (χ1) is 12.8. The van der Waals surface area contributed by atoms with Gasteiger partial charge < -0.3 is 25.2 Å². The van der Waals surface area contributed by atoms with Crippen LogP contribution in [0.1, 0.15) is 18.1 Å². The van der Waals surface area contributed by atoms with Crippen molar-refractivity contribution in [3.63, 3.8) is 0 Å². The molecule has 0 unspecified atom stereocenters. The lowest BCUT2D eigenvalue weighted by Crippen LogP contribution is -2.28. The maximum absolute atomic E-state index is 12.5. The molecule has 138 valence electrons. The van der Waals surface area contributed by atoms with Gasteiger partial charge in [0.1, 0.15) is 0 Å². The van der Waals surface area contributed by atoms with Crippen LogP contribution in [0.2, 0.25) is 0 Å². The number of carbonyl (C=O) groups excluding carboxylic acids is 1. The third-order valence-corrected chi connectivity index (χ3v) is 4.44. The Labute approximate surface area is 155 Å². The van der Waals surface area contributed by atoms with Gasteiger partial charge >= 0.3 is 5.97 Å². The summed E-state index contributed by atoms with van der Waals surface area (Å²) in [5.74, 6) is -2.09. The van der Waals surface area contributed by atoms with Crippen LogP contribution in [-0.4, -0.2) is 26.4 Å². The Balaban J connectivity index is 2.30. The van der Waals surface area contributed by atoms with E-state index in [4.69, 9.17) is 4.74 Å². The molecule has 1 aliphatic heterocycles. The molecule has 0 aromatic heterocycles. The van der Waals surface area contributed by atoms with Crippen molar-refractivity contribution in [2.75, 3.05) is 0 Å². The van der Waals surface area contributed by atoms with Gasteiger partial charge in [-0.15, -0.1) is 0 Å². The zero-order valence-corrected chi connectivity index (χ0v) is 14.5. The van der Waals surface area contributed by atoms with Crippen molar-refractivity contribution in [1.29, 1.82) is 0 Å². The molecule has 3 rings (SSSR count). The Morgan fingerprint density at radius 1 is 0.926 bits per heavy atom. The van der Waals surface area contributed by atoms with Gasteiger partial charge in [-0.2, -0.15) is 0 Å². The summed E-state index contributed by atoms with van der Waals surface area (Å²) in [5, 5.41) is 39.2. The molecule has 27 heavy (non-hydrogen) atoms. The Hall–Kier alpha value is -3.67. The third kappa shape index (κ3) is 2.81. The monoisotopic (exact) mass is 366 g/mol. The van der Waals surface area contributed by atoms with Gasteiger partial charge in [-0.3, -0.25) is 0 Å². The van der Waals surface area contributed by atoms with Crippen molar-refractivity contribution in [2.24, 2.45) is 0 Å². The lowest BCUT2D eigenvalue weighted by Gasteiger charge is -2.30. The van der Waals surface area contributed by atoms with Crippen LogP contribution < -0.4 is 0 Å². The minimum atomic E-state index is -1.54. The number of aromatic hydroxyl groups is 4. The van der Waals surface area contributed by atoms with Gasteiger partial charge in [0.25, 0.3) is 0 Å². The molecule has 1 fully saturated rings. The van der Waals surface area contributed by atoms with Crippen molar-refractivity contribution < 1.29 is 30.0 Å². The Kier molecular flexibility index (Phi) is 4.41. The topological polar surface area (TPSA) is 107 Å². The van der Waals surface area contributed by atoms with E-state index in [1.54, 1.807) is 25.2 Å². The molecule has 0 bridgehead atoms. The molecule has 2 aromatic rings. The van der Waals surface area contributed by atoms with E-state index in [1.165, 1.54) is 36.4 Å². The predicted molar refractivity (Wildman–Crippen MR) is 98.5 cm³/mol. The van der Waals surface area contributed by atoms with Crippen LogP contribution in [0.4, 0.5) is 0 Å². The summed E-state index contributed by atoms with van der Waals surface area (Å²) < 4.78 is 5.71. The van der Waals surface area contributed by atoms with E-state index in [-0.39, 0.29) is 17.1 Å². The molecule has 0 radical (unpaired) electrons. The molecule has 1 aliphatic rings. The molecule has 0 atom stereocenters. The van der Waals surface area contributed by atoms with E-state index >= 15 is 0 Å². The van der Waals surface area contributed by atoms with Gasteiger partial charge in [-0.25, -0.2) is 4.79 Å². The highest BCUT2D eigenvalue weighted by atomic mass is 16.6. The van der Waals surface area contributed by atoms with Crippen LogP contribution in [0.3, 0.4) is 0 Å². The highest BCUT2D eigenvalue weighted by molar-refractivity contribution is 5.99. The highest BCUT2D eigenvalue weighted by Crippen LogP contribution is 2.50. The average Bonchev–Trinajstić information content (AvgIpc) is 2.89. The van der Waals surface area contributed by atoms with Gasteiger partial charge in [0.2, 0.25) is 0 Å². The standard InChI is InChI=1S/C21H18O6/c1-3-4-5-15-12(2)21(27-20(15)26,13-6-8-16(22)18(24)10-13)14-7-9-17(23)19(25)11-14/h3-11,22-25H,2H2,1H3/b4-3-,15-5+. The zero-order valence-electron chi connectivity index (χ0n) is 14.5. The van der Waals surface area contributed by atoms with Crippen LogP contribution in [-0.2, 0) is 15.1 Å². The van der Waals surface area contributed by atoms with Gasteiger partial charge in [-0.05, 0) is 37.3 Å². The zero-order chi connectivity index (χ0) is 19.8. The Morgan fingerprint density at radius 3 is 1.89 bits per heavy atom. The quantitative estimate of drug-likeness (QED) is 0.377. The fourth-order valence-electron chi connectivity index (χ4n) is 3.05. The van der Waals surface area contributed by atoms with Crippen molar-refractivity contribution in [3.05, 3.63) is 83.5 Å². The van der Waals surface area contributed by atoms with Crippen molar-refractivity contribution in [2.45, 2.75) is 12.5 Å². The lowest BCUT2D eigenvalue weighted by atomic mass is 9.79. The number of allylic oxidation sites excluding steroid dienone is 3. The van der Waals surface area contributed by atoms with E-state index in [0.29, 0.717) is 16.7 Å². The largest absolute Gasteiger partial charge is 0.504 e. The van der Waals surface area contributed by atoms with Crippen molar-refractivity contribution in [1.82, 2.24) is 0 Å². The van der Waals surface area contributed by atoms with Crippen LogP contribution in [0.25, 0.3) is 0 Å². The fraction of sp³-hybridized carbons (Fsp3) is 0.0952. The number of hydrogen-bond donors (Lipinski definition) is 4. The van der Waals surface area contributed by atoms with Gasteiger partial charge in [-0.1, -0.05) is 30.9 Å². The average molecular weight is 366 g/mol. The highest BCUT2D eigenvalue weighted by Gasteiger charge is 2.50. The summed E-state index contributed by atoms with van der Waals surface area (Å²) in [7, 11) is 0. The SMILES string of the molecule is C=C1/C(=C\C=C/C)C(=O)OC1(c1ccc(O)c(O)c1)c1ccc(O)c(O)c1. The number of phenolic OH excluding ortho intramolecular Hbond substituents is 4. The Bertz CT molecular complexity index is 948. The molecule has 4 N–H and O–H groups in total. The summed E-state index contributed by atoms with van der Waals surface area (Å²) in [6.45, 7) is 5.81. The number of phenols is 4. The van der Waals surface area contributed by atoms with Crippen molar-refractivity contribution in [3.8, 4) is 23.0 Å². The molecule has 0 saturated carbocycles. The van der Waals surface area contributed by atoms with Gasteiger partial charge in [0.05, 0.1) is 5.57 Å². The minimum absolute atomic E-state index is 0.230. The molecular weight excluding hydrogens is 348 g/mol. The number of benzene rings is 2. The molecular formula is C21H18O6. The molecule has 2 aromatic carbocycles. The smallest absolute Gasteiger partial charge is 0.340 e. The molecule has 1 heterocycles. The second kappa shape index (κ2) is 6.57. The first-order valence-electron chi connectivity index (χ1n) is 8.12. The maximum Gasteiger partial charge on any atom is 0.340 e. The van der Waals surface area contributed by atoms with E-state index in [2.05, 4.69) is 6.58 Å². The number of hydrogen-bond acceptors (Lipinski definition) is 6. The number of cyclic esters (lactones) is 1. The maximum atomic E-state index is 12.5. The third-order valence-electron chi connectivity index (χ3n) is 4.44. The summed E-state index contributed by atoms with van der Waals surface area (Å²) in [6.07, 6.45) is 4.97. The predicted octanol–water partition coefficient (Wildman–Crippen LogP) is 3.37. The fourth-order valence-corrected chi connectivity index (χ4v) is 3.05. The minimum Gasteiger partial charge on any atom is -0.504 e. The van der Waals surface area contributed by atoms with E-state index in [9.17, 15) is 25.2 Å². The van der Waals surface area contributed by atoms with Crippen LogP contribution in [0.15, 0.2) is 72.4 Å².